The van der Waals surface area contributed by atoms with Crippen LogP contribution in [-0.2, 0) is 14.3 Å². The van der Waals surface area contributed by atoms with Gasteiger partial charge in [-0.3, -0.25) is 9.59 Å². The topological polar surface area (TPSA) is 84.5 Å². The lowest BCUT2D eigenvalue weighted by molar-refractivity contribution is -0.119. The van der Waals surface area contributed by atoms with E-state index in [-0.39, 0.29) is 26.5 Å². The first-order valence-electron chi connectivity index (χ1n) is 7.26. The van der Waals surface area contributed by atoms with Crippen LogP contribution in [0.4, 0.5) is 11.4 Å². The summed E-state index contributed by atoms with van der Waals surface area (Å²) in [4.78, 5) is 35.1. The van der Waals surface area contributed by atoms with Gasteiger partial charge in [-0.15, -0.1) is 0 Å². The van der Waals surface area contributed by atoms with Crippen molar-refractivity contribution in [3.05, 3.63) is 57.0 Å². The zero-order valence-corrected chi connectivity index (χ0v) is 15.7. The minimum absolute atomic E-state index is 0.0485. The molecule has 0 heterocycles. The van der Waals surface area contributed by atoms with Crippen molar-refractivity contribution in [3.63, 3.8) is 0 Å². The van der Waals surface area contributed by atoms with E-state index in [9.17, 15) is 14.4 Å². The summed E-state index contributed by atoms with van der Waals surface area (Å²) in [5.41, 5.74) is 0.835. The van der Waals surface area contributed by atoms with Gasteiger partial charge in [-0.2, -0.15) is 0 Å². The first kappa shape index (κ1) is 20.0. The van der Waals surface area contributed by atoms with Gasteiger partial charge in [0.2, 0.25) is 5.91 Å². The molecule has 0 aliphatic rings. The van der Waals surface area contributed by atoms with E-state index in [1.165, 1.54) is 19.1 Å². The third-order valence-corrected chi connectivity index (χ3v) is 4.17. The molecule has 2 amide bonds. The number of amides is 2. The molecule has 0 saturated heterocycles. The van der Waals surface area contributed by atoms with Crippen molar-refractivity contribution in [1.29, 1.82) is 0 Å². The lowest BCUT2D eigenvalue weighted by atomic mass is 10.2. The molecule has 2 aromatic carbocycles. The molecule has 0 spiro atoms. The van der Waals surface area contributed by atoms with E-state index >= 15 is 0 Å². The average Bonchev–Trinajstić information content (AvgIpc) is 2.56. The molecule has 0 aromatic heterocycles. The third kappa shape index (κ3) is 5.36. The van der Waals surface area contributed by atoms with Crippen molar-refractivity contribution in [3.8, 4) is 0 Å². The number of carbonyl (C=O) groups is 3. The van der Waals surface area contributed by atoms with E-state index in [2.05, 4.69) is 10.6 Å². The maximum atomic E-state index is 12.1. The molecule has 0 atom stereocenters. The monoisotopic (exact) mass is 414 g/mol. The Hall–Kier alpha value is -2.28. The average molecular weight is 416 g/mol. The summed E-state index contributed by atoms with van der Waals surface area (Å²) >= 11 is 17.7. The molecule has 0 bridgehead atoms. The molecule has 0 fully saturated rings. The SMILES string of the molecule is CC(=O)Nc1cccc(NC(=O)COC(=O)c2c(Cl)ccc(Cl)c2Cl)c1. The molecule has 26 heavy (non-hydrogen) atoms. The fraction of sp³-hybridized carbons (Fsp3) is 0.118. The maximum absolute atomic E-state index is 12.1. The number of hydrogen-bond donors (Lipinski definition) is 2. The molecule has 136 valence electrons. The van der Waals surface area contributed by atoms with Crippen LogP contribution in [0.1, 0.15) is 17.3 Å². The Bertz CT molecular complexity index is 871. The Kier molecular flexibility index (Phi) is 6.85. The van der Waals surface area contributed by atoms with Gasteiger partial charge in [0.05, 0.1) is 20.6 Å². The van der Waals surface area contributed by atoms with E-state index in [1.54, 1.807) is 24.3 Å². The van der Waals surface area contributed by atoms with E-state index in [1.807, 2.05) is 0 Å². The van der Waals surface area contributed by atoms with Crippen molar-refractivity contribution >= 4 is 64.0 Å². The zero-order chi connectivity index (χ0) is 19.3. The van der Waals surface area contributed by atoms with Gasteiger partial charge in [0, 0.05) is 18.3 Å². The summed E-state index contributed by atoms with van der Waals surface area (Å²) in [6.07, 6.45) is 0. The summed E-state index contributed by atoms with van der Waals surface area (Å²) < 4.78 is 4.93. The summed E-state index contributed by atoms with van der Waals surface area (Å²) in [6, 6.07) is 9.35. The fourth-order valence-electron chi connectivity index (χ4n) is 1.99. The second-order valence-corrected chi connectivity index (χ2v) is 6.30. The number of rotatable bonds is 5. The molecule has 0 unspecified atom stereocenters. The maximum Gasteiger partial charge on any atom is 0.341 e. The van der Waals surface area contributed by atoms with Gasteiger partial charge in [0.25, 0.3) is 5.91 Å². The quantitative estimate of drug-likeness (QED) is 0.560. The highest BCUT2D eigenvalue weighted by atomic mass is 35.5. The zero-order valence-electron chi connectivity index (χ0n) is 13.4. The van der Waals surface area contributed by atoms with Crippen molar-refractivity contribution in [2.24, 2.45) is 0 Å². The number of halogens is 3. The Balaban J connectivity index is 1.98. The van der Waals surface area contributed by atoms with Gasteiger partial charge in [0.1, 0.15) is 0 Å². The van der Waals surface area contributed by atoms with E-state index in [4.69, 9.17) is 39.5 Å². The predicted octanol–water partition coefficient (Wildman–Crippen LogP) is 4.40. The first-order valence-corrected chi connectivity index (χ1v) is 8.39. The standard InChI is InChI=1S/C17H13Cl3N2O4/c1-9(23)21-10-3-2-4-11(7-10)22-14(24)8-26-17(25)15-12(18)5-6-13(19)16(15)20/h2-7H,8H2,1H3,(H,21,23)(H,22,24). The molecular weight excluding hydrogens is 403 g/mol. The molecule has 6 nitrogen and oxygen atoms in total. The van der Waals surface area contributed by atoms with E-state index < -0.39 is 18.5 Å². The van der Waals surface area contributed by atoms with E-state index in [0.717, 1.165) is 0 Å². The molecule has 2 aromatic rings. The van der Waals surface area contributed by atoms with Crippen LogP contribution < -0.4 is 10.6 Å². The second kappa shape index (κ2) is 8.89. The Morgan fingerprint density at radius 2 is 1.58 bits per heavy atom. The largest absolute Gasteiger partial charge is 0.452 e. The van der Waals surface area contributed by atoms with Gasteiger partial charge >= 0.3 is 5.97 Å². The number of hydrogen-bond acceptors (Lipinski definition) is 4. The van der Waals surface area contributed by atoms with Gasteiger partial charge in [-0.05, 0) is 30.3 Å². The number of anilines is 2. The Labute approximate surface area is 164 Å². The number of benzene rings is 2. The highest BCUT2D eigenvalue weighted by Crippen LogP contribution is 2.31. The number of ether oxygens (including phenoxy) is 1. The van der Waals surface area contributed by atoms with Crippen LogP contribution in [0.2, 0.25) is 15.1 Å². The van der Waals surface area contributed by atoms with Crippen LogP contribution >= 0.6 is 34.8 Å². The molecular formula is C17H13Cl3N2O4. The molecule has 0 aliphatic heterocycles. The summed E-state index contributed by atoms with van der Waals surface area (Å²) in [6.45, 7) is 0.819. The van der Waals surface area contributed by atoms with Crippen molar-refractivity contribution < 1.29 is 19.1 Å². The lowest BCUT2D eigenvalue weighted by Crippen LogP contribution is -2.21. The second-order valence-electron chi connectivity index (χ2n) is 5.10. The van der Waals surface area contributed by atoms with Crippen LogP contribution in [0.15, 0.2) is 36.4 Å². The van der Waals surface area contributed by atoms with Gasteiger partial charge < -0.3 is 15.4 Å². The lowest BCUT2D eigenvalue weighted by Gasteiger charge is -2.10. The normalized spacial score (nSPS) is 10.2. The molecule has 0 aliphatic carbocycles. The van der Waals surface area contributed by atoms with Gasteiger partial charge in [-0.25, -0.2) is 4.79 Å². The Morgan fingerprint density at radius 1 is 0.962 bits per heavy atom. The summed E-state index contributed by atoms with van der Waals surface area (Å²) in [5, 5.41) is 5.29. The number of nitrogens with one attached hydrogen (secondary N) is 2. The van der Waals surface area contributed by atoms with E-state index in [0.29, 0.717) is 11.4 Å². The molecule has 2 rings (SSSR count). The van der Waals surface area contributed by atoms with Crippen LogP contribution in [-0.4, -0.2) is 24.4 Å². The highest BCUT2D eigenvalue weighted by Gasteiger charge is 2.19. The number of esters is 1. The van der Waals surface area contributed by atoms with Crippen LogP contribution in [0.25, 0.3) is 0 Å². The first-order chi connectivity index (χ1) is 12.3. The summed E-state index contributed by atoms with van der Waals surface area (Å²) in [5.74, 6) is -1.69. The van der Waals surface area contributed by atoms with Crippen molar-refractivity contribution in [2.45, 2.75) is 6.92 Å². The molecule has 2 N–H and O–H groups in total. The van der Waals surface area contributed by atoms with Crippen LogP contribution in [0.3, 0.4) is 0 Å². The van der Waals surface area contributed by atoms with Crippen molar-refractivity contribution in [2.75, 3.05) is 17.2 Å². The van der Waals surface area contributed by atoms with Crippen LogP contribution in [0.5, 0.6) is 0 Å². The molecule has 0 saturated carbocycles. The Morgan fingerprint density at radius 3 is 2.23 bits per heavy atom. The smallest absolute Gasteiger partial charge is 0.341 e. The molecule has 0 radical (unpaired) electrons. The third-order valence-electron chi connectivity index (χ3n) is 3.05. The van der Waals surface area contributed by atoms with Gasteiger partial charge in [0.15, 0.2) is 6.61 Å². The summed E-state index contributed by atoms with van der Waals surface area (Å²) in [7, 11) is 0. The minimum atomic E-state index is -0.871. The van der Waals surface area contributed by atoms with Crippen molar-refractivity contribution in [1.82, 2.24) is 0 Å². The van der Waals surface area contributed by atoms with Crippen LogP contribution in [0, 0.1) is 0 Å². The molecule has 9 heteroatoms. The fourth-order valence-corrected chi connectivity index (χ4v) is 2.67. The predicted molar refractivity (Wildman–Crippen MR) is 101 cm³/mol. The van der Waals surface area contributed by atoms with Gasteiger partial charge in [-0.1, -0.05) is 40.9 Å². The highest BCUT2D eigenvalue weighted by molar-refractivity contribution is 6.46. The minimum Gasteiger partial charge on any atom is -0.452 e. The number of carbonyl (C=O) groups excluding carboxylic acids is 3.